The first-order valence-corrected chi connectivity index (χ1v) is 6.21. The third kappa shape index (κ3) is 2.98. The minimum atomic E-state index is -0.660. The van der Waals surface area contributed by atoms with Crippen LogP contribution in [0.1, 0.15) is 36.5 Å². The standard InChI is InChI=1S/C13H19N3O2/c1-13(18)4-2-7-16(8-5-13)12(17)10-3-6-15-11(14)9-10/h3,6,9,18H,2,4-5,7-8H2,1H3,(H2,14,15). The molecule has 0 aromatic carbocycles. The highest BCUT2D eigenvalue weighted by molar-refractivity contribution is 5.94. The molecule has 98 valence electrons. The maximum absolute atomic E-state index is 12.3. The molecule has 18 heavy (non-hydrogen) atoms. The van der Waals surface area contributed by atoms with Gasteiger partial charge in [-0.15, -0.1) is 0 Å². The Morgan fingerprint density at radius 3 is 3.00 bits per heavy atom. The maximum atomic E-state index is 12.3. The number of hydrogen-bond acceptors (Lipinski definition) is 4. The third-order valence-electron chi connectivity index (χ3n) is 3.38. The van der Waals surface area contributed by atoms with Crippen molar-refractivity contribution >= 4 is 11.7 Å². The quantitative estimate of drug-likeness (QED) is 0.779. The number of carbonyl (C=O) groups is 1. The fourth-order valence-electron chi connectivity index (χ4n) is 2.23. The number of pyridine rings is 1. The molecule has 0 saturated carbocycles. The number of likely N-dealkylation sites (tertiary alicyclic amines) is 1. The molecular weight excluding hydrogens is 230 g/mol. The molecule has 1 aromatic heterocycles. The van der Waals surface area contributed by atoms with Gasteiger partial charge in [0, 0.05) is 24.8 Å². The minimum absolute atomic E-state index is 0.0400. The zero-order valence-electron chi connectivity index (χ0n) is 10.6. The van der Waals surface area contributed by atoms with Crippen molar-refractivity contribution in [3.8, 4) is 0 Å². The molecule has 0 aliphatic carbocycles. The summed E-state index contributed by atoms with van der Waals surface area (Å²) < 4.78 is 0. The van der Waals surface area contributed by atoms with Gasteiger partial charge in [-0.3, -0.25) is 4.79 Å². The monoisotopic (exact) mass is 249 g/mol. The Morgan fingerprint density at radius 1 is 1.50 bits per heavy atom. The summed E-state index contributed by atoms with van der Waals surface area (Å²) >= 11 is 0. The Kier molecular flexibility index (Phi) is 3.52. The van der Waals surface area contributed by atoms with Gasteiger partial charge in [-0.25, -0.2) is 4.98 Å². The van der Waals surface area contributed by atoms with Crippen molar-refractivity contribution in [2.45, 2.75) is 31.8 Å². The number of nitrogens with zero attached hydrogens (tertiary/aromatic N) is 2. The van der Waals surface area contributed by atoms with Crippen LogP contribution in [0.5, 0.6) is 0 Å². The summed E-state index contributed by atoms with van der Waals surface area (Å²) in [7, 11) is 0. The zero-order valence-corrected chi connectivity index (χ0v) is 10.6. The predicted octanol–water partition coefficient (Wildman–Crippen LogP) is 1.04. The van der Waals surface area contributed by atoms with Gasteiger partial charge in [0.25, 0.3) is 5.91 Å². The number of amides is 1. The normalized spacial score (nSPS) is 24.7. The number of aliphatic hydroxyl groups is 1. The summed E-state index contributed by atoms with van der Waals surface area (Å²) in [5.41, 5.74) is 5.48. The van der Waals surface area contributed by atoms with Gasteiger partial charge in [0.05, 0.1) is 5.60 Å². The summed E-state index contributed by atoms with van der Waals surface area (Å²) in [5, 5.41) is 10.0. The van der Waals surface area contributed by atoms with Crippen molar-refractivity contribution in [2.75, 3.05) is 18.8 Å². The lowest BCUT2D eigenvalue weighted by atomic mass is 9.98. The van der Waals surface area contributed by atoms with E-state index in [1.54, 1.807) is 17.0 Å². The molecule has 0 spiro atoms. The van der Waals surface area contributed by atoms with E-state index in [1.165, 1.54) is 6.20 Å². The number of aromatic nitrogens is 1. The Morgan fingerprint density at radius 2 is 2.28 bits per heavy atom. The van der Waals surface area contributed by atoms with E-state index in [4.69, 9.17) is 5.73 Å². The SMILES string of the molecule is CC1(O)CCCN(C(=O)c2ccnc(N)c2)CC1. The Bertz CT molecular complexity index is 446. The molecule has 1 saturated heterocycles. The van der Waals surface area contributed by atoms with Crippen molar-refractivity contribution in [3.05, 3.63) is 23.9 Å². The van der Waals surface area contributed by atoms with Crippen LogP contribution < -0.4 is 5.73 Å². The average Bonchev–Trinajstić information content (AvgIpc) is 2.49. The molecule has 0 radical (unpaired) electrons. The van der Waals surface area contributed by atoms with E-state index < -0.39 is 5.60 Å². The van der Waals surface area contributed by atoms with Gasteiger partial charge >= 0.3 is 0 Å². The molecule has 5 heteroatoms. The van der Waals surface area contributed by atoms with E-state index in [2.05, 4.69) is 4.98 Å². The van der Waals surface area contributed by atoms with Crippen LogP contribution >= 0.6 is 0 Å². The zero-order chi connectivity index (χ0) is 13.2. The fraction of sp³-hybridized carbons (Fsp3) is 0.538. The van der Waals surface area contributed by atoms with Crippen LogP contribution in [-0.4, -0.2) is 39.6 Å². The van der Waals surface area contributed by atoms with Crippen molar-refractivity contribution < 1.29 is 9.90 Å². The van der Waals surface area contributed by atoms with Crippen LogP contribution in [0, 0.1) is 0 Å². The molecule has 5 nitrogen and oxygen atoms in total. The summed E-state index contributed by atoms with van der Waals surface area (Å²) in [5.74, 6) is 0.310. The molecule has 1 atom stereocenters. The molecule has 1 aliphatic heterocycles. The molecule has 1 fully saturated rings. The van der Waals surface area contributed by atoms with Crippen LogP contribution in [-0.2, 0) is 0 Å². The van der Waals surface area contributed by atoms with Gasteiger partial charge in [0.15, 0.2) is 0 Å². The topological polar surface area (TPSA) is 79.5 Å². The smallest absolute Gasteiger partial charge is 0.254 e. The van der Waals surface area contributed by atoms with E-state index in [0.717, 1.165) is 12.8 Å². The van der Waals surface area contributed by atoms with Gasteiger partial charge in [0.1, 0.15) is 5.82 Å². The highest BCUT2D eigenvalue weighted by Gasteiger charge is 2.27. The lowest BCUT2D eigenvalue weighted by Crippen LogP contribution is -2.33. The van der Waals surface area contributed by atoms with Crippen LogP contribution in [0.25, 0.3) is 0 Å². The van der Waals surface area contributed by atoms with Gasteiger partial charge in [-0.2, -0.15) is 0 Å². The first-order chi connectivity index (χ1) is 8.48. The Balaban J connectivity index is 2.10. The van der Waals surface area contributed by atoms with Crippen molar-refractivity contribution in [2.24, 2.45) is 0 Å². The van der Waals surface area contributed by atoms with Crippen LogP contribution in [0.15, 0.2) is 18.3 Å². The lowest BCUT2D eigenvalue weighted by Gasteiger charge is -2.22. The second kappa shape index (κ2) is 4.94. The summed E-state index contributed by atoms with van der Waals surface area (Å²) in [6, 6.07) is 3.26. The first kappa shape index (κ1) is 12.8. The summed E-state index contributed by atoms with van der Waals surface area (Å²) in [6.07, 6.45) is 3.70. The van der Waals surface area contributed by atoms with Crippen LogP contribution in [0.3, 0.4) is 0 Å². The minimum Gasteiger partial charge on any atom is -0.390 e. The number of hydrogen-bond donors (Lipinski definition) is 2. The van der Waals surface area contributed by atoms with E-state index in [0.29, 0.717) is 30.9 Å². The Labute approximate surface area is 107 Å². The highest BCUT2D eigenvalue weighted by atomic mass is 16.3. The molecule has 1 amide bonds. The highest BCUT2D eigenvalue weighted by Crippen LogP contribution is 2.22. The number of rotatable bonds is 1. The molecule has 2 heterocycles. The van der Waals surface area contributed by atoms with E-state index >= 15 is 0 Å². The fourth-order valence-corrected chi connectivity index (χ4v) is 2.23. The second-order valence-corrected chi connectivity index (χ2v) is 5.11. The molecule has 3 N–H and O–H groups in total. The molecule has 0 bridgehead atoms. The van der Waals surface area contributed by atoms with Crippen LogP contribution in [0.2, 0.25) is 0 Å². The second-order valence-electron chi connectivity index (χ2n) is 5.11. The molecular formula is C13H19N3O2. The van der Waals surface area contributed by atoms with Gasteiger partial charge in [0.2, 0.25) is 0 Å². The summed E-state index contributed by atoms with van der Waals surface area (Å²) in [6.45, 7) is 3.08. The van der Waals surface area contributed by atoms with E-state index in [1.807, 2.05) is 6.92 Å². The van der Waals surface area contributed by atoms with E-state index in [9.17, 15) is 9.90 Å². The average molecular weight is 249 g/mol. The third-order valence-corrected chi connectivity index (χ3v) is 3.38. The molecule has 1 aliphatic rings. The van der Waals surface area contributed by atoms with Crippen molar-refractivity contribution in [1.82, 2.24) is 9.88 Å². The van der Waals surface area contributed by atoms with E-state index in [-0.39, 0.29) is 5.91 Å². The molecule has 2 rings (SSSR count). The molecule has 1 unspecified atom stereocenters. The summed E-state index contributed by atoms with van der Waals surface area (Å²) in [4.78, 5) is 17.9. The maximum Gasteiger partial charge on any atom is 0.254 e. The predicted molar refractivity (Wildman–Crippen MR) is 69.0 cm³/mol. The number of carbonyl (C=O) groups excluding carboxylic acids is 1. The largest absolute Gasteiger partial charge is 0.390 e. The first-order valence-electron chi connectivity index (χ1n) is 6.21. The lowest BCUT2D eigenvalue weighted by molar-refractivity contribution is 0.0438. The number of nitrogens with two attached hydrogens (primary N) is 1. The van der Waals surface area contributed by atoms with Crippen molar-refractivity contribution in [1.29, 1.82) is 0 Å². The van der Waals surface area contributed by atoms with Gasteiger partial charge in [-0.05, 0) is 38.3 Å². The van der Waals surface area contributed by atoms with Crippen molar-refractivity contribution in [3.63, 3.8) is 0 Å². The van der Waals surface area contributed by atoms with Gasteiger partial charge < -0.3 is 15.7 Å². The van der Waals surface area contributed by atoms with Gasteiger partial charge in [-0.1, -0.05) is 0 Å². The number of anilines is 1. The van der Waals surface area contributed by atoms with Crippen LogP contribution in [0.4, 0.5) is 5.82 Å². The molecule has 1 aromatic rings. The number of nitrogen functional groups attached to an aromatic ring is 1. The Hall–Kier alpha value is -1.62.